The van der Waals surface area contributed by atoms with Crippen LogP contribution in [0.5, 0.6) is 0 Å². The average molecular weight is 351 g/mol. The molecule has 1 aromatic heterocycles. The molecule has 134 valence electrons. The molecule has 4 nitrogen and oxygen atoms in total. The smallest absolute Gasteiger partial charge is 0.241 e. The molecule has 0 saturated heterocycles. The van der Waals surface area contributed by atoms with E-state index in [0.717, 1.165) is 22.9 Å². The molecule has 5 heteroatoms. The van der Waals surface area contributed by atoms with Crippen molar-refractivity contribution < 1.29 is 9.18 Å². The first-order valence-corrected chi connectivity index (χ1v) is 8.49. The standard InChI is InChI=1S/C19H16FN3O.C2H6/c1-3-12-6-5-7-15(13(12)4-2)19-16(10-18(24)22-23-19)14-8-9-21-11-17(14)20;1-2/h3-9,11,16H,1-2,10H2,(H,22,24);1-2H3. The van der Waals surface area contributed by atoms with E-state index in [1.807, 2.05) is 32.0 Å². The van der Waals surface area contributed by atoms with Gasteiger partial charge in [0.1, 0.15) is 5.82 Å². The van der Waals surface area contributed by atoms with Crippen molar-refractivity contribution in [1.82, 2.24) is 10.4 Å². The minimum Gasteiger partial charge on any atom is -0.273 e. The predicted octanol–water partition coefficient (Wildman–Crippen LogP) is 4.54. The summed E-state index contributed by atoms with van der Waals surface area (Å²) in [5, 5.41) is 4.21. The number of nitrogens with zero attached hydrogens (tertiary/aromatic N) is 2. The van der Waals surface area contributed by atoms with Crippen LogP contribution in [-0.4, -0.2) is 16.6 Å². The molecular weight excluding hydrogens is 329 g/mol. The van der Waals surface area contributed by atoms with E-state index in [2.05, 4.69) is 28.7 Å². The number of hydrogen-bond donors (Lipinski definition) is 1. The molecule has 0 bridgehead atoms. The van der Waals surface area contributed by atoms with Crippen molar-refractivity contribution in [2.24, 2.45) is 5.10 Å². The number of pyridine rings is 1. The van der Waals surface area contributed by atoms with Crippen LogP contribution < -0.4 is 5.43 Å². The number of hydrazone groups is 1. The number of amides is 1. The molecule has 1 aromatic carbocycles. The van der Waals surface area contributed by atoms with E-state index < -0.39 is 11.7 Å². The fourth-order valence-electron chi connectivity index (χ4n) is 2.91. The fourth-order valence-corrected chi connectivity index (χ4v) is 2.91. The van der Waals surface area contributed by atoms with E-state index in [1.54, 1.807) is 18.2 Å². The number of rotatable bonds is 4. The third-order valence-electron chi connectivity index (χ3n) is 4.04. The lowest BCUT2D eigenvalue weighted by molar-refractivity contribution is -0.121. The van der Waals surface area contributed by atoms with Crippen molar-refractivity contribution in [3.05, 3.63) is 77.9 Å². The van der Waals surface area contributed by atoms with Gasteiger partial charge in [-0.25, -0.2) is 9.82 Å². The molecule has 0 aliphatic carbocycles. The summed E-state index contributed by atoms with van der Waals surface area (Å²) in [6, 6.07) is 7.25. The summed E-state index contributed by atoms with van der Waals surface area (Å²) < 4.78 is 14.2. The Morgan fingerprint density at radius 2 is 2.00 bits per heavy atom. The summed E-state index contributed by atoms with van der Waals surface area (Å²) in [5.74, 6) is -1.19. The highest BCUT2D eigenvalue weighted by Gasteiger charge is 2.30. The van der Waals surface area contributed by atoms with Crippen LogP contribution in [0.2, 0.25) is 0 Å². The summed E-state index contributed by atoms with van der Waals surface area (Å²) in [7, 11) is 0. The van der Waals surface area contributed by atoms with Gasteiger partial charge in [0.15, 0.2) is 0 Å². The van der Waals surface area contributed by atoms with Crippen LogP contribution >= 0.6 is 0 Å². The molecule has 1 amide bonds. The largest absolute Gasteiger partial charge is 0.273 e. The van der Waals surface area contributed by atoms with Gasteiger partial charge in [0.25, 0.3) is 0 Å². The summed E-state index contributed by atoms with van der Waals surface area (Å²) in [5.41, 5.74) is 6.03. The van der Waals surface area contributed by atoms with Crippen LogP contribution in [0.4, 0.5) is 4.39 Å². The number of halogens is 1. The number of carbonyl (C=O) groups is 1. The van der Waals surface area contributed by atoms with Crippen molar-refractivity contribution in [2.45, 2.75) is 26.2 Å². The van der Waals surface area contributed by atoms with Gasteiger partial charge in [0.05, 0.1) is 11.9 Å². The highest BCUT2D eigenvalue weighted by molar-refractivity contribution is 6.11. The van der Waals surface area contributed by atoms with Crippen LogP contribution in [0, 0.1) is 5.82 Å². The summed E-state index contributed by atoms with van der Waals surface area (Å²) in [6.07, 6.45) is 6.22. The highest BCUT2D eigenvalue weighted by atomic mass is 19.1. The topological polar surface area (TPSA) is 54.4 Å². The molecule has 2 heterocycles. The van der Waals surface area contributed by atoms with Gasteiger partial charge in [-0.2, -0.15) is 5.10 Å². The number of aromatic nitrogens is 1. The molecule has 1 N–H and O–H groups in total. The Hall–Kier alpha value is -3.08. The third-order valence-corrected chi connectivity index (χ3v) is 4.04. The summed E-state index contributed by atoms with van der Waals surface area (Å²) in [4.78, 5) is 15.6. The second-order valence-electron chi connectivity index (χ2n) is 5.40. The normalized spacial score (nSPS) is 15.9. The minimum atomic E-state index is -0.486. The molecule has 26 heavy (non-hydrogen) atoms. The Bertz CT molecular complexity index is 858. The summed E-state index contributed by atoms with van der Waals surface area (Å²) in [6.45, 7) is 11.7. The van der Waals surface area contributed by atoms with E-state index in [9.17, 15) is 9.18 Å². The molecule has 3 rings (SSSR count). The van der Waals surface area contributed by atoms with Crippen LogP contribution in [0.1, 0.15) is 48.4 Å². The van der Waals surface area contributed by atoms with Gasteiger partial charge in [-0.15, -0.1) is 0 Å². The molecule has 2 aromatic rings. The lowest BCUT2D eigenvalue weighted by Gasteiger charge is -2.25. The van der Waals surface area contributed by atoms with Gasteiger partial charge in [-0.1, -0.05) is 57.4 Å². The van der Waals surface area contributed by atoms with E-state index in [-0.39, 0.29) is 12.3 Å². The lowest BCUT2D eigenvalue weighted by Crippen LogP contribution is -2.33. The molecule has 0 fully saturated rings. The van der Waals surface area contributed by atoms with Crippen LogP contribution in [0.3, 0.4) is 0 Å². The zero-order chi connectivity index (χ0) is 19.1. The Morgan fingerprint density at radius 1 is 1.23 bits per heavy atom. The average Bonchev–Trinajstić information content (AvgIpc) is 2.69. The van der Waals surface area contributed by atoms with Crippen molar-refractivity contribution in [3.8, 4) is 0 Å². The van der Waals surface area contributed by atoms with E-state index in [4.69, 9.17) is 0 Å². The van der Waals surface area contributed by atoms with E-state index >= 15 is 0 Å². The van der Waals surface area contributed by atoms with Crippen LogP contribution in [-0.2, 0) is 4.79 Å². The number of hydrogen-bond acceptors (Lipinski definition) is 3. The maximum Gasteiger partial charge on any atom is 0.241 e. The minimum absolute atomic E-state index is 0.120. The zero-order valence-corrected chi connectivity index (χ0v) is 15.0. The molecule has 1 aliphatic heterocycles. The molecule has 1 atom stereocenters. The highest BCUT2D eigenvalue weighted by Crippen LogP contribution is 2.31. The van der Waals surface area contributed by atoms with Crippen molar-refractivity contribution >= 4 is 23.8 Å². The van der Waals surface area contributed by atoms with Gasteiger partial charge < -0.3 is 0 Å². The molecule has 1 aliphatic rings. The van der Waals surface area contributed by atoms with Gasteiger partial charge in [0.2, 0.25) is 5.91 Å². The van der Waals surface area contributed by atoms with Gasteiger partial charge in [0, 0.05) is 29.7 Å². The maximum absolute atomic E-state index is 14.2. The van der Waals surface area contributed by atoms with Gasteiger partial charge in [-0.3, -0.25) is 9.78 Å². The Morgan fingerprint density at radius 3 is 2.65 bits per heavy atom. The van der Waals surface area contributed by atoms with Crippen molar-refractivity contribution in [1.29, 1.82) is 0 Å². The van der Waals surface area contributed by atoms with Crippen molar-refractivity contribution in [2.75, 3.05) is 0 Å². The van der Waals surface area contributed by atoms with Crippen molar-refractivity contribution in [3.63, 3.8) is 0 Å². The Balaban J connectivity index is 0.00000117. The molecule has 0 saturated carbocycles. The second kappa shape index (κ2) is 8.85. The number of benzene rings is 1. The lowest BCUT2D eigenvalue weighted by atomic mass is 9.84. The first-order valence-electron chi connectivity index (χ1n) is 8.49. The van der Waals surface area contributed by atoms with Gasteiger partial charge >= 0.3 is 0 Å². The first-order chi connectivity index (χ1) is 12.7. The molecule has 0 radical (unpaired) electrons. The zero-order valence-electron chi connectivity index (χ0n) is 15.0. The Labute approximate surface area is 153 Å². The van der Waals surface area contributed by atoms with Crippen LogP contribution in [0.25, 0.3) is 12.2 Å². The second-order valence-corrected chi connectivity index (χ2v) is 5.40. The predicted molar refractivity (Wildman–Crippen MR) is 104 cm³/mol. The number of carbonyl (C=O) groups excluding carboxylic acids is 1. The Kier molecular flexibility index (Phi) is 6.55. The first kappa shape index (κ1) is 19.2. The number of nitrogens with one attached hydrogen (secondary N) is 1. The SMILES string of the molecule is C=Cc1cccc(C2=NNC(=O)CC2c2ccncc2F)c1C=C.CC. The molecule has 0 spiro atoms. The van der Waals surface area contributed by atoms with Gasteiger partial charge in [-0.05, 0) is 17.2 Å². The van der Waals surface area contributed by atoms with Crippen LogP contribution in [0.15, 0.2) is 54.9 Å². The van der Waals surface area contributed by atoms with E-state index in [0.29, 0.717) is 11.3 Å². The maximum atomic E-state index is 14.2. The molecular formula is C21H22FN3O. The van der Waals surface area contributed by atoms with E-state index in [1.165, 1.54) is 6.20 Å². The monoisotopic (exact) mass is 351 g/mol. The third kappa shape index (κ3) is 3.77. The molecule has 1 unspecified atom stereocenters. The summed E-state index contributed by atoms with van der Waals surface area (Å²) >= 11 is 0. The quantitative estimate of drug-likeness (QED) is 0.879. The fraction of sp³-hybridized carbons (Fsp3) is 0.190.